The number of hydrogen-bond acceptors (Lipinski definition) is 7. The lowest BCUT2D eigenvalue weighted by molar-refractivity contribution is 0.0745. The molecule has 0 aromatic heterocycles. The Bertz CT molecular complexity index is 919. The van der Waals surface area contributed by atoms with Gasteiger partial charge in [0.2, 0.25) is 0 Å². The number of oxime groups is 1. The molecule has 2 aliphatic rings. The fraction of sp³-hybridized carbons (Fsp3) is 0.500. The third-order valence-corrected chi connectivity index (χ3v) is 6.30. The van der Waals surface area contributed by atoms with Crippen LogP contribution in [0.4, 0.5) is 5.69 Å². The summed E-state index contributed by atoms with van der Waals surface area (Å²) in [7, 11) is 3.32. The quantitative estimate of drug-likeness (QED) is 0.538. The first-order chi connectivity index (χ1) is 16.2. The van der Waals surface area contributed by atoms with Crippen LogP contribution in [-0.4, -0.2) is 70.3 Å². The van der Waals surface area contributed by atoms with Crippen molar-refractivity contribution >= 4 is 11.4 Å². The molecule has 178 valence electrons. The molecule has 1 unspecified atom stereocenters. The van der Waals surface area contributed by atoms with Crippen molar-refractivity contribution in [3.05, 3.63) is 48.0 Å². The number of anilines is 1. The van der Waals surface area contributed by atoms with Crippen molar-refractivity contribution in [3.63, 3.8) is 0 Å². The van der Waals surface area contributed by atoms with Crippen molar-refractivity contribution in [2.75, 3.05) is 58.5 Å². The summed E-state index contributed by atoms with van der Waals surface area (Å²) < 4.78 is 16.6. The molecule has 1 atom stereocenters. The average Bonchev–Trinajstić information content (AvgIpc) is 3.34. The Hall–Kier alpha value is -2.93. The first kappa shape index (κ1) is 23.2. The van der Waals surface area contributed by atoms with Crippen LogP contribution in [0.25, 0.3) is 0 Å². The lowest BCUT2D eigenvalue weighted by Gasteiger charge is -2.36. The fourth-order valence-corrected chi connectivity index (χ4v) is 4.48. The molecule has 1 fully saturated rings. The topological polar surface area (TPSA) is 55.8 Å². The molecule has 0 bridgehead atoms. The molecule has 0 amide bonds. The first-order valence-corrected chi connectivity index (χ1v) is 11.9. The van der Waals surface area contributed by atoms with Crippen molar-refractivity contribution in [1.29, 1.82) is 0 Å². The zero-order chi connectivity index (χ0) is 23.0. The summed E-state index contributed by atoms with van der Waals surface area (Å²) in [5, 5.41) is 4.34. The summed E-state index contributed by atoms with van der Waals surface area (Å²) in [6, 6.07) is 14.2. The summed E-state index contributed by atoms with van der Waals surface area (Å²) in [6.45, 7) is 7.99. The molecule has 7 heteroatoms. The molecule has 2 aromatic carbocycles. The Morgan fingerprint density at radius 2 is 1.73 bits per heavy atom. The maximum absolute atomic E-state index is 5.81. The molecule has 0 spiro atoms. The van der Waals surface area contributed by atoms with Crippen molar-refractivity contribution in [2.24, 2.45) is 5.16 Å². The molecule has 2 aromatic rings. The number of nitrogens with zero attached hydrogens (tertiary/aromatic N) is 3. The van der Waals surface area contributed by atoms with E-state index < -0.39 is 0 Å². The van der Waals surface area contributed by atoms with Crippen LogP contribution in [0.3, 0.4) is 0 Å². The highest BCUT2D eigenvalue weighted by Crippen LogP contribution is 2.29. The van der Waals surface area contributed by atoms with Crippen LogP contribution in [0.15, 0.2) is 47.6 Å². The standard InChI is InChI=1S/C26H35N3O4/c1-4-32-26-10-6-5-9-25(26)29-14-12-28(13-15-29)11-7-8-21-19-24(27-33-21)20-16-22(30-2)18-23(17-20)31-3/h5-6,9-10,16-18,21H,4,7-8,11-15,19H2,1-3H3. The van der Waals surface area contributed by atoms with Gasteiger partial charge >= 0.3 is 0 Å². The smallest absolute Gasteiger partial charge is 0.142 e. The van der Waals surface area contributed by atoms with Crippen LogP contribution in [-0.2, 0) is 4.84 Å². The summed E-state index contributed by atoms with van der Waals surface area (Å²) in [5.74, 6) is 2.51. The molecule has 0 saturated carbocycles. The third-order valence-electron chi connectivity index (χ3n) is 6.30. The highest BCUT2D eigenvalue weighted by Gasteiger charge is 2.24. The van der Waals surface area contributed by atoms with Gasteiger partial charge in [-0.15, -0.1) is 0 Å². The van der Waals surface area contributed by atoms with Gasteiger partial charge in [-0.25, -0.2) is 0 Å². The molecule has 0 aliphatic carbocycles. The van der Waals surface area contributed by atoms with Crippen molar-refractivity contribution in [1.82, 2.24) is 4.90 Å². The van der Waals surface area contributed by atoms with Crippen LogP contribution < -0.4 is 19.1 Å². The number of piperazine rings is 1. The van der Waals surface area contributed by atoms with E-state index in [9.17, 15) is 0 Å². The molecule has 0 N–H and O–H groups in total. The Morgan fingerprint density at radius 3 is 2.42 bits per heavy atom. The zero-order valence-corrected chi connectivity index (χ0v) is 20.0. The van der Waals surface area contributed by atoms with Gasteiger partial charge in [0.05, 0.1) is 32.2 Å². The Morgan fingerprint density at radius 1 is 1.00 bits per heavy atom. The van der Waals surface area contributed by atoms with Gasteiger partial charge in [-0.3, -0.25) is 4.90 Å². The molecule has 1 saturated heterocycles. The normalized spacial score (nSPS) is 18.6. The van der Waals surface area contributed by atoms with Crippen molar-refractivity contribution < 1.29 is 19.0 Å². The minimum absolute atomic E-state index is 0.136. The lowest BCUT2D eigenvalue weighted by Crippen LogP contribution is -2.46. The minimum Gasteiger partial charge on any atom is -0.497 e. The van der Waals surface area contributed by atoms with Crippen molar-refractivity contribution in [2.45, 2.75) is 32.3 Å². The predicted octanol–water partition coefficient (Wildman–Crippen LogP) is 4.20. The summed E-state index contributed by atoms with van der Waals surface area (Å²) in [5.41, 5.74) is 3.16. The van der Waals surface area contributed by atoms with E-state index in [4.69, 9.17) is 19.0 Å². The molecule has 2 heterocycles. The van der Waals surface area contributed by atoms with Gasteiger partial charge in [-0.05, 0) is 50.6 Å². The van der Waals surface area contributed by atoms with Gasteiger partial charge in [0.1, 0.15) is 23.4 Å². The Balaban J connectivity index is 1.20. The van der Waals surface area contributed by atoms with Crippen LogP contribution in [0.2, 0.25) is 0 Å². The van der Waals surface area contributed by atoms with E-state index >= 15 is 0 Å². The zero-order valence-electron chi connectivity index (χ0n) is 20.0. The van der Waals surface area contributed by atoms with Gasteiger partial charge < -0.3 is 23.9 Å². The number of hydrogen-bond donors (Lipinski definition) is 0. The van der Waals surface area contributed by atoms with Gasteiger partial charge in [0, 0.05) is 44.2 Å². The second kappa shape index (κ2) is 11.3. The maximum Gasteiger partial charge on any atom is 0.142 e. The summed E-state index contributed by atoms with van der Waals surface area (Å²) in [6.07, 6.45) is 3.06. The number of para-hydroxylation sites is 2. The number of methoxy groups -OCH3 is 2. The molecular weight excluding hydrogens is 418 g/mol. The van der Waals surface area contributed by atoms with E-state index in [0.717, 1.165) is 80.5 Å². The largest absolute Gasteiger partial charge is 0.497 e. The van der Waals surface area contributed by atoms with Crippen LogP contribution >= 0.6 is 0 Å². The van der Waals surface area contributed by atoms with E-state index in [1.165, 1.54) is 5.69 Å². The molecule has 0 radical (unpaired) electrons. The van der Waals surface area contributed by atoms with Crippen LogP contribution in [0, 0.1) is 0 Å². The van der Waals surface area contributed by atoms with Gasteiger partial charge in [-0.2, -0.15) is 0 Å². The molecule has 7 nitrogen and oxygen atoms in total. The van der Waals surface area contributed by atoms with Crippen LogP contribution in [0.1, 0.15) is 31.7 Å². The van der Waals surface area contributed by atoms with E-state index in [-0.39, 0.29) is 6.10 Å². The number of ether oxygens (including phenoxy) is 3. The number of rotatable bonds is 10. The Kier molecular flexibility index (Phi) is 7.94. The highest BCUT2D eigenvalue weighted by molar-refractivity contribution is 6.01. The van der Waals surface area contributed by atoms with Crippen LogP contribution in [0.5, 0.6) is 17.2 Å². The number of benzene rings is 2. The predicted molar refractivity (Wildman–Crippen MR) is 131 cm³/mol. The van der Waals surface area contributed by atoms with E-state index in [2.05, 4.69) is 33.2 Å². The van der Waals surface area contributed by atoms with Gasteiger partial charge in [0.25, 0.3) is 0 Å². The van der Waals surface area contributed by atoms with Gasteiger partial charge in [-0.1, -0.05) is 17.3 Å². The molecular formula is C26H35N3O4. The van der Waals surface area contributed by atoms with Crippen molar-refractivity contribution in [3.8, 4) is 17.2 Å². The molecule has 2 aliphatic heterocycles. The molecule has 4 rings (SSSR count). The van der Waals surface area contributed by atoms with Gasteiger partial charge in [0.15, 0.2) is 0 Å². The second-order valence-electron chi connectivity index (χ2n) is 8.44. The fourth-order valence-electron chi connectivity index (χ4n) is 4.48. The lowest BCUT2D eigenvalue weighted by atomic mass is 10.0. The third kappa shape index (κ3) is 5.90. The van der Waals surface area contributed by atoms with E-state index in [1.54, 1.807) is 14.2 Å². The highest BCUT2D eigenvalue weighted by atomic mass is 16.6. The summed E-state index contributed by atoms with van der Waals surface area (Å²) >= 11 is 0. The maximum atomic E-state index is 5.81. The molecule has 33 heavy (non-hydrogen) atoms. The second-order valence-corrected chi connectivity index (χ2v) is 8.44. The summed E-state index contributed by atoms with van der Waals surface area (Å²) in [4.78, 5) is 10.7. The first-order valence-electron chi connectivity index (χ1n) is 11.9. The van der Waals surface area contributed by atoms with E-state index in [0.29, 0.717) is 6.61 Å². The Labute approximate surface area is 196 Å². The SMILES string of the molecule is CCOc1ccccc1N1CCN(CCCC2CC(c3cc(OC)cc(OC)c3)=NO2)CC1. The minimum atomic E-state index is 0.136. The average molecular weight is 454 g/mol. The van der Waals surface area contributed by atoms with E-state index in [1.807, 2.05) is 31.2 Å². The monoisotopic (exact) mass is 453 g/mol.